The van der Waals surface area contributed by atoms with Crippen molar-refractivity contribution in [2.45, 2.75) is 11.8 Å². The second kappa shape index (κ2) is 9.82. The minimum atomic E-state index is -4.07. The van der Waals surface area contributed by atoms with E-state index < -0.39 is 32.6 Å². The predicted octanol–water partition coefficient (Wildman–Crippen LogP) is 2.05. The topological polar surface area (TPSA) is 170 Å². The monoisotopic (exact) mass is 446 g/mol. The lowest BCUT2D eigenvalue weighted by atomic mass is 10.2. The number of anilines is 1. The van der Waals surface area contributed by atoms with Crippen LogP contribution in [0, 0.1) is 6.92 Å². The quantitative estimate of drug-likeness (QED) is 0.730. The summed E-state index contributed by atoms with van der Waals surface area (Å²) in [6.07, 6.45) is 0. The summed E-state index contributed by atoms with van der Waals surface area (Å²) in [5.74, 6) is 0. The zero-order chi connectivity index (χ0) is 21.5. The lowest BCUT2D eigenvalue weighted by Gasteiger charge is -2.20. The molecule has 2 aromatic carbocycles. The van der Waals surface area contributed by atoms with E-state index in [1.807, 2.05) is 6.92 Å². The van der Waals surface area contributed by atoms with Crippen LogP contribution in [0.2, 0.25) is 5.02 Å². The molecule has 0 heterocycles. The zero-order valence-electron chi connectivity index (χ0n) is 14.3. The van der Waals surface area contributed by atoms with Crippen molar-refractivity contribution in [3.63, 3.8) is 0 Å². The molecule has 0 bridgehead atoms. The molecule has 0 aromatic heterocycles. The van der Waals surface area contributed by atoms with Gasteiger partial charge >= 0.3 is 22.6 Å². The molecule has 0 saturated carbocycles. The molecule has 0 fully saturated rings. The van der Waals surface area contributed by atoms with E-state index >= 15 is 0 Å². The van der Waals surface area contributed by atoms with Crippen molar-refractivity contribution in [2.75, 3.05) is 4.31 Å². The first-order chi connectivity index (χ1) is 12.9. The average molecular weight is 447 g/mol. The van der Waals surface area contributed by atoms with E-state index in [0.717, 1.165) is 5.56 Å². The first-order valence-corrected chi connectivity index (χ1v) is 10.1. The van der Waals surface area contributed by atoms with Gasteiger partial charge in [-0.15, -0.1) is 0 Å². The Morgan fingerprint density at radius 3 is 1.86 bits per heavy atom. The van der Waals surface area contributed by atoms with Crippen molar-refractivity contribution in [1.29, 1.82) is 0 Å². The fourth-order valence-corrected chi connectivity index (χ4v) is 3.45. The molecule has 2 aromatic rings. The zero-order valence-corrected chi connectivity index (χ0v) is 16.7. The van der Waals surface area contributed by atoms with Gasteiger partial charge in [0.05, 0.1) is 10.6 Å². The fourth-order valence-electron chi connectivity index (χ4n) is 1.85. The van der Waals surface area contributed by atoms with Gasteiger partial charge in [-0.05, 0) is 43.3 Å². The number of urea groups is 2. The van der Waals surface area contributed by atoms with E-state index in [2.05, 4.69) is 10.1 Å². The lowest BCUT2D eigenvalue weighted by Crippen LogP contribution is -2.40. The number of nitrogens with two attached hydrogens (primary N) is 2. The highest BCUT2D eigenvalue weighted by atomic mass is 35.5. The summed E-state index contributed by atoms with van der Waals surface area (Å²) in [5, 5.41) is 0.427. The number of hydrogen-bond acceptors (Lipinski definition) is 6. The van der Waals surface area contributed by atoms with Gasteiger partial charge in [0.2, 0.25) is 0 Å². The maximum atomic E-state index is 12.6. The third kappa shape index (κ3) is 6.64. The number of primary amides is 2. The molecular weight excluding hydrogens is 432 g/mol. The van der Waals surface area contributed by atoms with Crippen LogP contribution < -0.4 is 15.8 Å². The van der Waals surface area contributed by atoms with Crippen LogP contribution in [0.5, 0.6) is 0 Å². The molecule has 2 rings (SSSR count). The number of rotatable bonds is 3. The summed E-state index contributed by atoms with van der Waals surface area (Å²) in [6.45, 7) is 1.83. The third-order valence-corrected chi connectivity index (χ3v) is 5.31. The summed E-state index contributed by atoms with van der Waals surface area (Å²) >= 11 is 5.76. The van der Waals surface area contributed by atoms with Crippen LogP contribution >= 0.6 is 11.6 Å². The number of hydrogen-bond donors (Lipinski definition) is 2. The normalized spacial score (nSPS) is 10.2. The number of amides is 4. The summed E-state index contributed by atoms with van der Waals surface area (Å²) in [6, 6.07) is 9.66. The standard InChI is InChI=1S/C14H13ClN2O3S.CH2N2O3S/c1-10-2-8-13(9-3-10)21(19,20)17(14(16)18)12-6-4-11(15)5-7-12;2-1(4)3-7(5)6/h2-9H,1H3,(H2,16,18);(H2,2,4). The number of sulfonamides is 1. The van der Waals surface area contributed by atoms with Crippen LogP contribution in [-0.2, 0) is 20.5 Å². The van der Waals surface area contributed by atoms with Gasteiger partial charge in [0.15, 0.2) is 0 Å². The Kier molecular flexibility index (Phi) is 8.10. The van der Waals surface area contributed by atoms with Gasteiger partial charge in [0.25, 0.3) is 10.0 Å². The molecule has 13 heteroatoms. The largest absolute Gasteiger partial charge is 0.353 e. The molecule has 0 unspecified atom stereocenters. The summed E-state index contributed by atoms with van der Waals surface area (Å²) < 4.78 is 46.7. The second-order valence-corrected chi connectivity index (χ2v) is 7.88. The summed E-state index contributed by atoms with van der Waals surface area (Å²) in [4.78, 5) is 21.1. The maximum Gasteiger partial charge on any atom is 0.353 e. The van der Waals surface area contributed by atoms with Crippen molar-refractivity contribution in [3.05, 3.63) is 59.1 Å². The first kappa shape index (κ1) is 23.1. The summed E-state index contributed by atoms with van der Waals surface area (Å²) in [5.41, 5.74) is 10.6. The van der Waals surface area contributed by atoms with Crippen molar-refractivity contribution in [3.8, 4) is 0 Å². The fraction of sp³-hybridized carbons (Fsp3) is 0.0667. The van der Waals surface area contributed by atoms with Crippen LogP contribution in [0.4, 0.5) is 15.3 Å². The number of carbonyl (C=O) groups is 2. The van der Waals surface area contributed by atoms with E-state index in [1.54, 1.807) is 12.1 Å². The molecule has 28 heavy (non-hydrogen) atoms. The molecule has 4 N–H and O–H groups in total. The van der Waals surface area contributed by atoms with E-state index in [-0.39, 0.29) is 10.6 Å². The van der Waals surface area contributed by atoms with Gasteiger partial charge in [-0.25, -0.2) is 18.0 Å². The highest BCUT2D eigenvalue weighted by Crippen LogP contribution is 2.25. The number of benzene rings is 2. The van der Waals surface area contributed by atoms with E-state index in [4.69, 9.17) is 17.3 Å². The van der Waals surface area contributed by atoms with E-state index in [1.165, 1.54) is 36.4 Å². The Morgan fingerprint density at radius 2 is 1.50 bits per heavy atom. The molecule has 0 aliphatic heterocycles. The van der Waals surface area contributed by atoms with Crippen LogP contribution in [-0.4, -0.2) is 28.9 Å². The Balaban J connectivity index is 0.000000480. The number of carbonyl (C=O) groups excluding carboxylic acids is 2. The van der Waals surface area contributed by atoms with Crippen LogP contribution in [0.3, 0.4) is 0 Å². The van der Waals surface area contributed by atoms with E-state index in [9.17, 15) is 26.4 Å². The number of nitrogens with zero attached hydrogens (tertiary/aromatic N) is 2. The Hall–Kier alpha value is -2.96. The maximum absolute atomic E-state index is 12.6. The van der Waals surface area contributed by atoms with Crippen LogP contribution in [0.1, 0.15) is 5.56 Å². The molecule has 150 valence electrons. The highest BCUT2D eigenvalue weighted by molar-refractivity contribution is 7.93. The van der Waals surface area contributed by atoms with Crippen molar-refractivity contribution < 1.29 is 26.4 Å². The molecule has 0 aliphatic carbocycles. The Labute approximate surface area is 167 Å². The third-order valence-electron chi connectivity index (χ3n) is 2.99. The molecule has 0 atom stereocenters. The molecule has 10 nitrogen and oxygen atoms in total. The van der Waals surface area contributed by atoms with Gasteiger partial charge in [0.1, 0.15) is 0 Å². The lowest BCUT2D eigenvalue weighted by molar-refractivity contribution is 0.256. The molecular formula is C15H15ClN4O6S2. The molecule has 4 amide bonds. The Bertz CT molecular complexity index is 1090. The molecule has 0 saturated heterocycles. The molecule has 0 spiro atoms. The second-order valence-electron chi connectivity index (χ2n) is 5.04. The van der Waals surface area contributed by atoms with Gasteiger partial charge in [0, 0.05) is 5.02 Å². The number of aryl methyl sites for hydroxylation is 1. The van der Waals surface area contributed by atoms with Gasteiger partial charge in [-0.2, -0.15) is 12.7 Å². The van der Waals surface area contributed by atoms with Gasteiger partial charge in [-0.3, -0.25) is 0 Å². The van der Waals surface area contributed by atoms with Crippen molar-refractivity contribution in [1.82, 2.24) is 0 Å². The van der Waals surface area contributed by atoms with E-state index in [0.29, 0.717) is 9.33 Å². The average Bonchev–Trinajstić information content (AvgIpc) is 2.56. The molecule has 0 aliphatic rings. The highest BCUT2D eigenvalue weighted by Gasteiger charge is 2.29. The predicted molar refractivity (Wildman–Crippen MR) is 103 cm³/mol. The van der Waals surface area contributed by atoms with Crippen LogP contribution in [0.25, 0.3) is 0 Å². The van der Waals surface area contributed by atoms with Crippen molar-refractivity contribution in [2.24, 2.45) is 15.8 Å². The number of halogens is 1. The minimum absolute atomic E-state index is 0.0122. The smallest absolute Gasteiger partial charge is 0.350 e. The minimum Gasteiger partial charge on any atom is -0.350 e. The first-order valence-electron chi connectivity index (χ1n) is 7.22. The van der Waals surface area contributed by atoms with Gasteiger partial charge in [-0.1, -0.05) is 33.7 Å². The summed E-state index contributed by atoms with van der Waals surface area (Å²) in [7, 11) is -6.76. The van der Waals surface area contributed by atoms with Gasteiger partial charge < -0.3 is 11.5 Å². The van der Waals surface area contributed by atoms with Crippen molar-refractivity contribution >= 4 is 49.9 Å². The van der Waals surface area contributed by atoms with Crippen LogP contribution in [0.15, 0.2) is 57.8 Å². The Morgan fingerprint density at radius 1 is 1.00 bits per heavy atom. The SMILES string of the molecule is Cc1ccc(S(=O)(=O)N(C(N)=O)c2ccc(Cl)cc2)cc1.NC(=O)N=S(=O)=O. The molecule has 0 radical (unpaired) electrons.